The van der Waals surface area contributed by atoms with E-state index in [9.17, 15) is 4.79 Å². The lowest BCUT2D eigenvalue weighted by atomic mass is 10.0. The van der Waals surface area contributed by atoms with Gasteiger partial charge >= 0.3 is 0 Å². The predicted octanol–water partition coefficient (Wildman–Crippen LogP) is 3.34. The molecule has 1 fully saturated rings. The summed E-state index contributed by atoms with van der Waals surface area (Å²) < 4.78 is 1.75. The van der Waals surface area contributed by atoms with Gasteiger partial charge in [0.2, 0.25) is 5.91 Å². The van der Waals surface area contributed by atoms with Crippen molar-refractivity contribution in [1.82, 2.24) is 19.7 Å². The van der Waals surface area contributed by atoms with Crippen molar-refractivity contribution in [2.24, 2.45) is 0 Å². The van der Waals surface area contributed by atoms with Crippen molar-refractivity contribution in [3.63, 3.8) is 0 Å². The average molecular weight is 334 g/mol. The van der Waals surface area contributed by atoms with E-state index in [0.29, 0.717) is 0 Å². The second-order valence-electron chi connectivity index (χ2n) is 6.76. The number of likely N-dealkylation sites (tertiary alicyclic amines) is 1. The van der Waals surface area contributed by atoms with Gasteiger partial charge in [0.1, 0.15) is 6.54 Å². The lowest BCUT2D eigenvalue weighted by Crippen LogP contribution is -2.31. The Balaban J connectivity index is 1.76. The van der Waals surface area contributed by atoms with E-state index in [4.69, 9.17) is 0 Å². The summed E-state index contributed by atoms with van der Waals surface area (Å²) in [5.41, 5.74) is 5.18. The van der Waals surface area contributed by atoms with Crippen LogP contribution < -0.4 is 0 Å². The van der Waals surface area contributed by atoms with Gasteiger partial charge in [0.05, 0.1) is 5.69 Å². The minimum absolute atomic E-state index is 0.129. The first-order valence-electron chi connectivity index (χ1n) is 8.80. The zero-order chi connectivity index (χ0) is 17.4. The molecule has 2 aromatic heterocycles. The van der Waals surface area contributed by atoms with Crippen LogP contribution in [0.2, 0.25) is 0 Å². The molecule has 128 valence electrons. The zero-order valence-electron chi connectivity index (χ0n) is 14.7. The van der Waals surface area contributed by atoms with Crippen LogP contribution in [0.1, 0.15) is 24.1 Å². The van der Waals surface area contributed by atoms with Crippen LogP contribution in [0.4, 0.5) is 0 Å². The van der Waals surface area contributed by atoms with Crippen molar-refractivity contribution in [3.8, 4) is 11.1 Å². The molecule has 25 heavy (non-hydrogen) atoms. The number of benzene rings is 1. The topological polar surface area (TPSA) is 51.0 Å². The van der Waals surface area contributed by atoms with Crippen LogP contribution in [-0.4, -0.2) is 38.7 Å². The number of carbonyl (C=O) groups excluding carboxylic acids is 1. The Morgan fingerprint density at radius 3 is 2.72 bits per heavy atom. The van der Waals surface area contributed by atoms with E-state index in [0.717, 1.165) is 53.8 Å². The van der Waals surface area contributed by atoms with E-state index < -0.39 is 0 Å². The van der Waals surface area contributed by atoms with E-state index >= 15 is 0 Å². The Kier molecular flexibility index (Phi) is 3.99. The Hall–Kier alpha value is -2.69. The van der Waals surface area contributed by atoms with E-state index in [2.05, 4.69) is 41.3 Å². The van der Waals surface area contributed by atoms with Crippen LogP contribution in [0, 0.1) is 13.8 Å². The Morgan fingerprint density at radius 2 is 1.96 bits per heavy atom. The molecule has 0 radical (unpaired) electrons. The summed E-state index contributed by atoms with van der Waals surface area (Å²) >= 11 is 0. The highest BCUT2D eigenvalue weighted by Gasteiger charge is 2.21. The average Bonchev–Trinajstić information content (AvgIpc) is 3.24. The van der Waals surface area contributed by atoms with Crippen molar-refractivity contribution >= 4 is 16.9 Å². The maximum atomic E-state index is 12.5. The third kappa shape index (κ3) is 2.90. The number of amides is 1. The van der Waals surface area contributed by atoms with Gasteiger partial charge in [-0.1, -0.05) is 29.8 Å². The van der Waals surface area contributed by atoms with Crippen LogP contribution in [-0.2, 0) is 11.3 Å². The Morgan fingerprint density at radius 1 is 1.16 bits per heavy atom. The van der Waals surface area contributed by atoms with E-state index in [-0.39, 0.29) is 12.5 Å². The molecule has 1 aromatic carbocycles. The lowest BCUT2D eigenvalue weighted by molar-refractivity contribution is -0.130. The first-order valence-corrected chi connectivity index (χ1v) is 8.80. The van der Waals surface area contributed by atoms with Gasteiger partial charge in [-0.2, -0.15) is 5.10 Å². The largest absolute Gasteiger partial charge is 0.341 e. The summed E-state index contributed by atoms with van der Waals surface area (Å²) in [5.74, 6) is 0.129. The molecule has 3 aromatic rings. The first kappa shape index (κ1) is 15.8. The number of aryl methyl sites for hydroxylation is 2. The fourth-order valence-corrected chi connectivity index (χ4v) is 3.64. The normalized spacial score (nSPS) is 14.4. The number of fused-ring (bicyclic) bond motifs is 1. The van der Waals surface area contributed by atoms with Gasteiger partial charge in [-0.15, -0.1) is 0 Å². The van der Waals surface area contributed by atoms with Gasteiger partial charge < -0.3 is 4.90 Å². The molecule has 0 aliphatic carbocycles. The third-order valence-electron chi connectivity index (χ3n) is 4.88. The number of rotatable bonds is 3. The summed E-state index contributed by atoms with van der Waals surface area (Å²) in [7, 11) is 0. The van der Waals surface area contributed by atoms with Crippen molar-refractivity contribution in [2.45, 2.75) is 33.2 Å². The SMILES string of the molecule is Cc1cccc(-c2ccnc3c2c(C)nn3CC(=O)N2CCCC2)c1. The highest BCUT2D eigenvalue weighted by Crippen LogP contribution is 2.30. The number of hydrogen-bond donors (Lipinski definition) is 0. The van der Waals surface area contributed by atoms with Gasteiger partial charge in [-0.25, -0.2) is 9.67 Å². The molecule has 0 saturated carbocycles. The number of pyridine rings is 1. The van der Waals surface area contributed by atoms with E-state index in [1.165, 1.54) is 5.56 Å². The molecule has 0 unspecified atom stereocenters. The quantitative estimate of drug-likeness (QED) is 0.738. The summed E-state index contributed by atoms with van der Waals surface area (Å²) in [6, 6.07) is 10.5. The van der Waals surface area contributed by atoms with Crippen LogP contribution in [0.25, 0.3) is 22.2 Å². The smallest absolute Gasteiger partial charge is 0.244 e. The highest BCUT2D eigenvalue weighted by molar-refractivity contribution is 5.95. The standard InChI is InChI=1S/C20H22N4O/c1-14-6-5-7-16(12-14)17-8-9-21-20-19(17)15(2)22-24(20)13-18(25)23-10-3-4-11-23/h5-9,12H,3-4,10-11,13H2,1-2H3. The summed E-state index contributed by atoms with van der Waals surface area (Å²) in [6.07, 6.45) is 4.00. The molecule has 0 bridgehead atoms. The first-order chi connectivity index (χ1) is 12.1. The molecule has 0 spiro atoms. The molecule has 3 heterocycles. The fraction of sp³-hybridized carbons (Fsp3) is 0.350. The minimum atomic E-state index is 0.129. The van der Waals surface area contributed by atoms with Crippen LogP contribution in [0.15, 0.2) is 36.5 Å². The second kappa shape index (κ2) is 6.31. The minimum Gasteiger partial charge on any atom is -0.341 e. The number of nitrogens with zero attached hydrogens (tertiary/aromatic N) is 4. The van der Waals surface area contributed by atoms with Gasteiger partial charge in [-0.3, -0.25) is 4.79 Å². The highest BCUT2D eigenvalue weighted by atomic mass is 16.2. The Labute approximate surface area is 147 Å². The van der Waals surface area contributed by atoms with Crippen molar-refractivity contribution in [2.75, 3.05) is 13.1 Å². The summed E-state index contributed by atoms with van der Waals surface area (Å²) in [5, 5.41) is 5.65. The molecular weight excluding hydrogens is 312 g/mol. The molecule has 0 atom stereocenters. The molecule has 1 aliphatic rings. The molecule has 5 nitrogen and oxygen atoms in total. The van der Waals surface area contributed by atoms with E-state index in [1.54, 1.807) is 10.9 Å². The molecule has 1 saturated heterocycles. The number of hydrogen-bond acceptors (Lipinski definition) is 3. The van der Waals surface area contributed by atoms with Crippen molar-refractivity contribution in [3.05, 3.63) is 47.8 Å². The summed E-state index contributed by atoms with van der Waals surface area (Å²) in [4.78, 5) is 18.9. The van der Waals surface area contributed by atoms with Crippen LogP contribution in [0.5, 0.6) is 0 Å². The summed E-state index contributed by atoms with van der Waals surface area (Å²) in [6.45, 7) is 6.06. The van der Waals surface area contributed by atoms with Crippen LogP contribution >= 0.6 is 0 Å². The molecule has 1 amide bonds. The molecular formula is C20H22N4O. The monoisotopic (exact) mass is 334 g/mol. The van der Waals surface area contributed by atoms with Crippen molar-refractivity contribution in [1.29, 1.82) is 0 Å². The third-order valence-corrected chi connectivity index (χ3v) is 4.88. The molecule has 1 aliphatic heterocycles. The van der Waals surface area contributed by atoms with Gasteiger partial charge in [0, 0.05) is 24.7 Å². The van der Waals surface area contributed by atoms with E-state index in [1.807, 2.05) is 17.9 Å². The predicted molar refractivity (Wildman–Crippen MR) is 98.3 cm³/mol. The van der Waals surface area contributed by atoms with Gasteiger partial charge in [0.15, 0.2) is 5.65 Å². The molecule has 5 heteroatoms. The molecule has 0 N–H and O–H groups in total. The maximum Gasteiger partial charge on any atom is 0.244 e. The maximum absolute atomic E-state index is 12.5. The number of carbonyl (C=O) groups is 1. The Bertz CT molecular complexity index is 938. The van der Waals surface area contributed by atoms with Crippen LogP contribution in [0.3, 0.4) is 0 Å². The molecule has 4 rings (SSSR count). The fourth-order valence-electron chi connectivity index (χ4n) is 3.64. The van der Waals surface area contributed by atoms with Crippen molar-refractivity contribution < 1.29 is 4.79 Å². The zero-order valence-corrected chi connectivity index (χ0v) is 14.7. The van der Waals surface area contributed by atoms with Gasteiger partial charge in [-0.05, 0) is 43.9 Å². The number of aromatic nitrogens is 3. The lowest BCUT2D eigenvalue weighted by Gasteiger charge is -2.15. The second-order valence-corrected chi connectivity index (χ2v) is 6.76. The van der Waals surface area contributed by atoms with Gasteiger partial charge in [0.25, 0.3) is 0 Å².